The van der Waals surface area contributed by atoms with Crippen LogP contribution in [0.25, 0.3) is 0 Å². The van der Waals surface area contributed by atoms with Crippen molar-refractivity contribution in [1.82, 2.24) is 10.2 Å². The first-order chi connectivity index (χ1) is 9.72. The van der Waals surface area contributed by atoms with Crippen LogP contribution in [0.4, 0.5) is 0 Å². The lowest BCUT2D eigenvalue weighted by Crippen LogP contribution is -2.35. The Morgan fingerprint density at radius 1 is 1.40 bits per heavy atom. The summed E-state index contributed by atoms with van der Waals surface area (Å²) in [6.07, 6.45) is 2.20. The van der Waals surface area contributed by atoms with Crippen LogP contribution >= 0.6 is 0 Å². The molecule has 1 saturated heterocycles. The molecule has 1 aromatic carbocycles. The maximum atomic E-state index is 11.9. The van der Waals surface area contributed by atoms with E-state index in [1.165, 1.54) is 0 Å². The fourth-order valence-corrected chi connectivity index (χ4v) is 2.36. The molecule has 1 heterocycles. The number of carbonyl (C=O) groups excluding carboxylic acids is 1. The number of benzene rings is 1. The zero-order valence-corrected chi connectivity index (χ0v) is 11.9. The van der Waals surface area contributed by atoms with E-state index in [1.54, 1.807) is 6.07 Å². The smallest absolute Gasteiger partial charge is 0.236 e. The van der Waals surface area contributed by atoms with E-state index in [4.69, 9.17) is 4.74 Å². The largest absolute Gasteiger partial charge is 0.504 e. The van der Waals surface area contributed by atoms with Crippen molar-refractivity contribution in [2.75, 3.05) is 26.2 Å². The second-order valence-electron chi connectivity index (χ2n) is 4.89. The number of phenols is 1. The molecule has 1 fully saturated rings. The summed E-state index contributed by atoms with van der Waals surface area (Å²) in [7, 11) is 0. The maximum Gasteiger partial charge on any atom is 0.236 e. The minimum atomic E-state index is 0.128. The standard InChI is InChI=1S/C15H22N2O3/c1-2-20-13-7-5-6-12(15(13)19)10-16-11-14(18)17-8-3-4-9-17/h5-7,16,19H,2-4,8-11H2,1H3. The molecule has 1 aromatic rings. The quantitative estimate of drug-likeness (QED) is 0.828. The molecule has 2 rings (SSSR count). The maximum absolute atomic E-state index is 11.9. The number of rotatable bonds is 6. The lowest BCUT2D eigenvalue weighted by Gasteiger charge is -2.16. The van der Waals surface area contributed by atoms with Gasteiger partial charge in [0.2, 0.25) is 5.91 Å². The lowest BCUT2D eigenvalue weighted by molar-refractivity contribution is -0.129. The topological polar surface area (TPSA) is 61.8 Å². The number of carbonyl (C=O) groups is 1. The Morgan fingerprint density at radius 3 is 2.85 bits per heavy atom. The molecular formula is C15H22N2O3. The van der Waals surface area contributed by atoms with Gasteiger partial charge in [0.1, 0.15) is 0 Å². The Morgan fingerprint density at radius 2 is 2.15 bits per heavy atom. The molecule has 20 heavy (non-hydrogen) atoms. The summed E-state index contributed by atoms with van der Waals surface area (Å²) < 4.78 is 5.33. The first-order valence-corrected chi connectivity index (χ1v) is 7.14. The fraction of sp³-hybridized carbons (Fsp3) is 0.533. The van der Waals surface area contributed by atoms with Gasteiger partial charge in [-0.3, -0.25) is 4.79 Å². The van der Waals surface area contributed by atoms with E-state index in [9.17, 15) is 9.90 Å². The number of hydrogen-bond acceptors (Lipinski definition) is 4. The highest BCUT2D eigenvalue weighted by molar-refractivity contribution is 5.78. The molecule has 0 aliphatic carbocycles. The SMILES string of the molecule is CCOc1cccc(CNCC(=O)N2CCCC2)c1O. The number of nitrogens with one attached hydrogen (secondary N) is 1. The van der Waals surface area contributed by atoms with Crippen LogP contribution < -0.4 is 10.1 Å². The summed E-state index contributed by atoms with van der Waals surface area (Å²) in [6.45, 7) is 4.87. The Labute approximate surface area is 119 Å². The van der Waals surface area contributed by atoms with Gasteiger partial charge < -0.3 is 20.1 Å². The number of nitrogens with zero attached hydrogens (tertiary/aromatic N) is 1. The number of ether oxygens (including phenoxy) is 1. The van der Waals surface area contributed by atoms with Crippen molar-refractivity contribution in [2.24, 2.45) is 0 Å². The summed E-state index contributed by atoms with van der Waals surface area (Å²) in [6, 6.07) is 5.40. The van der Waals surface area contributed by atoms with E-state index in [0.717, 1.165) is 31.5 Å². The van der Waals surface area contributed by atoms with E-state index < -0.39 is 0 Å². The molecule has 5 nitrogen and oxygen atoms in total. The molecular weight excluding hydrogens is 256 g/mol. The van der Waals surface area contributed by atoms with Crippen LogP contribution in [-0.4, -0.2) is 42.2 Å². The molecule has 2 N–H and O–H groups in total. The van der Waals surface area contributed by atoms with Crippen LogP contribution in [0.5, 0.6) is 11.5 Å². The zero-order chi connectivity index (χ0) is 14.4. The summed E-state index contributed by atoms with van der Waals surface area (Å²) in [5.41, 5.74) is 0.741. The number of likely N-dealkylation sites (tertiary alicyclic amines) is 1. The van der Waals surface area contributed by atoms with E-state index in [-0.39, 0.29) is 11.7 Å². The minimum absolute atomic E-state index is 0.128. The normalized spacial score (nSPS) is 14.6. The predicted octanol–water partition coefficient (Wildman–Crippen LogP) is 1.50. The van der Waals surface area contributed by atoms with Crippen molar-refractivity contribution in [2.45, 2.75) is 26.3 Å². The van der Waals surface area contributed by atoms with E-state index >= 15 is 0 Å². The van der Waals surface area contributed by atoms with Gasteiger partial charge in [-0.05, 0) is 25.8 Å². The van der Waals surface area contributed by atoms with E-state index in [0.29, 0.717) is 25.4 Å². The highest BCUT2D eigenvalue weighted by Gasteiger charge is 2.17. The molecule has 0 bridgehead atoms. The third kappa shape index (κ3) is 3.63. The van der Waals surface area contributed by atoms with Gasteiger partial charge in [-0.2, -0.15) is 0 Å². The van der Waals surface area contributed by atoms with Crippen molar-refractivity contribution in [1.29, 1.82) is 0 Å². The third-order valence-electron chi connectivity index (χ3n) is 3.43. The molecule has 0 saturated carbocycles. The summed E-state index contributed by atoms with van der Waals surface area (Å²) in [4.78, 5) is 13.7. The van der Waals surface area contributed by atoms with E-state index in [2.05, 4.69) is 5.32 Å². The lowest BCUT2D eigenvalue weighted by atomic mass is 10.2. The molecule has 1 amide bonds. The van der Waals surface area contributed by atoms with E-state index in [1.807, 2.05) is 24.0 Å². The number of amides is 1. The predicted molar refractivity (Wildman–Crippen MR) is 76.8 cm³/mol. The van der Waals surface area contributed by atoms with Gasteiger partial charge >= 0.3 is 0 Å². The van der Waals surface area contributed by atoms with Crippen molar-refractivity contribution in [3.63, 3.8) is 0 Å². The van der Waals surface area contributed by atoms with Gasteiger partial charge in [0.25, 0.3) is 0 Å². The molecule has 1 aliphatic rings. The van der Waals surface area contributed by atoms with Crippen LogP contribution in [-0.2, 0) is 11.3 Å². The number of phenolic OH excluding ortho intramolecular Hbond substituents is 1. The van der Waals surface area contributed by atoms with Crippen LogP contribution in [0.3, 0.4) is 0 Å². The van der Waals surface area contributed by atoms with Crippen LogP contribution in [0, 0.1) is 0 Å². The van der Waals surface area contributed by atoms with Crippen LogP contribution in [0.1, 0.15) is 25.3 Å². The molecule has 0 unspecified atom stereocenters. The molecule has 0 atom stereocenters. The van der Waals surface area contributed by atoms with Gasteiger partial charge in [0, 0.05) is 25.2 Å². The molecule has 110 valence electrons. The molecule has 0 radical (unpaired) electrons. The molecule has 0 spiro atoms. The second-order valence-corrected chi connectivity index (χ2v) is 4.89. The Bertz CT molecular complexity index is 456. The zero-order valence-electron chi connectivity index (χ0n) is 11.9. The summed E-state index contributed by atoms with van der Waals surface area (Å²) in [5.74, 6) is 0.760. The molecule has 5 heteroatoms. The summed E-state index contributed by atoms with van der Waals surface area (Å²) in [5, 5.41) is 13.1. The minimum Gasteiger partial charge on any atom is -0.504 e. The van der Waals surface area contributed by atoms with Gasteiger partial charge in [-0.1, -0.05) is 12.1 Å². The van der Waals surface area contributed by atoms with Crippen LogP contribution in [0.2, 0.25) is 0 Å². The van der Waals surface area contributed by atoms with Gasteiger partial charge in [0.05, 0.1) is 13.2 Å². The van der Waals surface area contributed by atoms with Crippen molar-refractivity contribution >= 4 is 5.91 Å². The first-order valence-electron chi connectivity index (χ1n) is 7.14. The Kier molecular flexibility index (Phi) is 5.24. The van der Waals surface area contributed by atoms with Gasteiger partial charge in [-0.15, -0.1) is 0 Å². The number of para-hydroxylation sites is 1. The van der Waals surface area contributed by atoms with Crippen molar-refractivity contribution in [3.05, 3.63) is 23.8 Å². The number of aromatic hydroxyl groups is 1. The molecule has 1 aliphatic heterocycles. The first kappa shape index (κ1) is 14.7. The average Bonchev–Trinajstić information content (AvgIpc) is 2.97. The molecule has 0 aromatic heterocycles. The Hall–Kier alpha value is -1.75. The van der Waals surface area contributed by atoms with Crippen LogP contribution in [0.15, 0.2) is 18.2 Å². The van der Waals surface area contributed by atoms with Crippen molar-refractivity contribution in [3.8, 4) is 11.5 Å². The Balaban J connectivity index is 1.84. The summed E-state index contributed by atoms with van der Waals surface area (Å²) >= 11 is 0. The highest BCUT2D eigenvalue weighted by Crippen LogP contribution is 2.29. The van der Waals surface area contributed by atoms with Crippen molar-refractivity contribution < 1.29 is 14.6 Å². The second kappa shape index (κ2) is 7.14. The number of hydrogen-bond donors (Lipinski definition) is 2. The monoisotopic (exact) mass is 278 g/mol. The third-order valence-corrected chi connectivity index (χ3v) is 3.43. The fourth-order valence-electron chi connectivity index (χ4n) is 2.36. The average molecular weight is 278 g/mol. The van der Waals surface area contributed by atoms with Gasteiger partial charge in [0.15, 0.2) is 11.5 Å². The van der Waals surface area contributed by atoms with Gasteiger partial charge in [-0.25, -0.2) is 0 Å². The highest BCUT2D eigenvalue weighted by atomic mass is 16.5.